The predicted octanol–water partition coefficient (Wildman–Crippen LogP) is 0.174. The Hall–Kier alpha value is -2.12. The highest BCUT2D eigenvalue weighted by Gasteiger charge is 2.27. The molecule has 0 spiro atoms. The lowest BCUT2D eigenvalue weighted by Gasteiger charge is -2.21. The van der Waals surface area contributed by atoms with Crippen LogP contribution in [0.4, 0.5) is 4.79 Å². The zero-order valence-electron chi connectivity index (χ0n) is 11.2. The number of carboxylic acid groups (broad SMARTS) is 1. The van der Waals surface area contributed by atoms with E-state index in [2.05, 4.69) is 15.6 Å². The Morgan fingerprint density at radius 3 is 2.85 bits per heavy atom. The number of carbonyl (C=O) groups excluding carboxylic acids is 1. The van der Waals surface area contributed by atoms with Crippen LogP contribution in [0, 0.1) is 5.92 Å². The Labute approximate surface area is 116 Å². The molecular formula is C12H19N5O3. The van der Waals surface area contributed by atoms with E-state index in [1.807, 2.05) is 0 Å². The average Bonchev–Trinajstić information content (AvgIpc) is 3.06. The molecule has 8 heteroatoms. The number of aromatic nitrogens is 3. The van der Waals surface area contributed by atoms with E-state index in [1.165, 1.54) is 4.90 Å². The molecule has 2 amide bonds. The summed E-state index contributed by atoms with van der Waals surface area (Å²) in [5, 5.41) is 19.1. The van der Waals surface area contributed by atoms with E-state index in [1.54, 1.807) is 17.1 Å². The minimum absolute atomic E-state index is 0.245. The first kappa shape index (κ1) is 14.3. The fourth-order valence-corrected chi connectivity index (χ4v) is 1.89. The molecule has 1 aliphatic rings. The highest BCUT2D eigenvalue weighted by Crippen LogP contribution is 2.29. The number of aliphatic carboxylic acids is 1. The van der Waals surface area contributed by atoms with Crippen molar-refractivity contribution < 1.29 is 14.7 Å². The number of carbonyl (C=O) groups is 2. The molecule has 1 saturated carbocycles. The van der Waals surface area contributed by atoms with Crippen LogP contribution in [-0.4, -0.2) is 56.6 Å². The van der Waals surface area contributed by atoms with Gasteiger partial charge in [0.25, 0.3) is 0 Å². The fourth-order valence-electron chi connectivity index (χ4n) is 1.89. The van der Waals surface area contributed by atoms with E-state index in [0.29, 0.717) is 25.6 Å². The quantitative estimate of drug-likeness (QED) is 0.662. The summed E-state index contributed by atoms with van der Waals surface area (Å²) >= 11 is 0. The zero-order valence-corrected chi connectivity index (χ0v) is 11.2. The van der Waals surface area contributed by atoms with Crippen molar-refractivity contribution in [3.05, 3.63) is 12.4 Å². The summed E-state index contributed by atoms with van der Waals surface area (Å²) in [6.45, 7) is 1.44. The van der Waals surface area contributed by atoms with Crippen molar-refractivity contribution in [2.75, 3.05) is 19.6 Å². The normalized spacial score (nSPS) is 14.0. The molecule has 1 fully saturated rings. The Bertz CT molecular complexity index is 444. The topological polar surface area (TPSA) is 100 Å². The lowest BCUT2D eigenvalue weighted by molar-refractivity contribution is -0.137. The number of hydrogen-bond donors (Lipinski definition) is 2. The van der Waals surface area contributed by atoms with Crippen molar-refractivity contribution in [2.45, 2.75) is 25.8 Å². The molecule has 1 heterocycles. The molecule has 1 aromatic heterocycles. The number of hydrogen-bond acceptors (Lipinski definition) is 4. The molecule has 2 N–H and O–H groups in total. The molecule has 2 rings (SSSR count). The first-order chi connectivity index (χ1) is 9.65. The molecule has 0 atom stereocenters. The van der Waals surface area contributed by atoms with E-state index < -0.39 is 5.97 Å². The monoisotopic (exact) mass is 281 g/mol. The summed E-state index contributed by atoms with van der Waals surface area (Å²) < 4.78 is 1.69. The molecule has 1 aromatic rings. The number of carboxylic acids is 1. The summed E-state index contributed by atoms with van der Waals surface area (Å²) in [5.41, 5.74) is 0. The maximum absolute atomic E-state index is 11.9. The first-order valence-corrected chi connectivity index (χ1v) is 6.74. The highest BCUT2D eigenvalue weighted by molar-refractivity contribution is 5.80. The number of aryl methyl sites for hydroxylation is 1. The lowest BCUT2D eigenvalue weighted by Crippen LogP contribution is -2.44. The second-order valence-electron chi connectivity index (χ2n) is 4.97. The van der Waals surface area contributed by atoms with E-state index in [0.717, 1.165) is 19.3 Å². The van der Waals surface area contributed by atoms with Crippen LogP contribution in [-0.2, 0) is 11.3 Å². The van der Waals surface area contributed by atoms with Crippen LogP contribution in [0.15, 0.2) is 12.4 Å². The number of urea groups is 1. The first-order valence-electron chi connectivity index (χ1n) is 6.74. The third kappa shape index (κ3) is 4.87. The molecular weight excluding hydrogens is 262 g/mol. The van der Waals surface area contributed by atoms with Crippen LogP contribution in [0.25, 0.3) is 0 Å². The predicted molar refractivity (Wildman–Crippen MR) is 70.0 cm³/mol. The van der Waals surface area contributed by atoms with Crippen molar-refractivity contribution >= 4 is 12.0 Å². The van der Waals surface area contributed by atoms with Crippen molar-refractivity contribution in [2.24, 2.45) is 5.92 Å². The van der Waals surface area contributed by atoms with Crippen LogP contribution >= 0.6 is 0 Å². The summed E-state index contributed by atoms with van der Waals surface area (Å²) in [7, 11) is 0. The van der Waals surface area contributed by atoms with Gasteiger partial charge >= 0.3 is 12.0 Å². The van der Waals surface area contributed by atoms with Gasteiger partial charge in [-0.3, -0.25) is 9.48 Å². The van der Waals surface area contributed by atoms with Gasteiger partial charge in [0.2, 0.25) is 0 Å². The molecule has 110 valence electrons. The molecule has 0 radical (unpaired) electrons. The smallest absolute Gasteiger partial charge is 0.323 e. The molecule has 0 bridgehead atoms. The van der Waals surface area contributed by atoms with Gasteiger partial charge in [0.15, 0.2) is 0 Å². The molecule has 20 heavy (non-hydrogen) atoms. The van der Waals surface area contributed by atoms with Crippen LogP contribution in [0.1, 0.15) is 19.3 Å². The third-order valence-electron chi connectivity index (χ3n) is 3.10. The van der Waals surface area contributed by atoms with Crippen LogP contribution < -0.4 is 5.32 Å². The Kier molecular flexibility index (Phi) is 4.91. The largest absolute Gasteiger partial charge is 0.480 e. The van der Waals surface area contributed by atoms with Gasteiger partial charge < -0.3 is 15.3 Å². The Balaban J connectivity index is 1.68. The fraction of sp³-hybridized carbons (Fsp3) is 0.667. The molecule has 0 aromatic carbocycles. The van der Waals surface area contributed by atoms with Gasteiger partial charge in [-0.15, -0.1) is 5.10 Å². The maximum Gasteiger partial charge on any atom is 0.323 e. The van der Waals surface area contributed by atoms with Gasteiger partial charge in [0.05, 0.1) is 6.20 Å². The van der Waals surface area contributed by atoms with Crippen LogP contribution in [0.2, 0.25) is 0 Å². The van der Waals surface area contributed by atoms with E-state index in [9.17, 15) is 9.59 Å². The Morgan fingerprint density at radius 2 is 2.25 bits per heavy atom. The van der Waals surface area contributed by atoms with Crippen molar-refractivity contribution in [3.63, 3.8) is 0 Å². The minimum Gasteiger partial charge on any atom is -0.480 e. The SMILES string of the molecule is O=C(O)CN(CC1CC1)C(=O)NCCCn1ccnn1. The summed E-state index contributed by atoms with van der Waals surface area (Å²) in [5.74, 6) is -0.515. The van der Waals surface area contributed by atoms with Gasteiger partial charge in [-0.1, -0.05) is 5.21 Å². The standard InChI is InChI=1S/C12H19N5O3/c18-11(19)9-16(8-10-2-3-10)12(20)13-4-1-6-17-7-5-14-15-17/h5,7,10H,1-4,6,8-9H2,(H,13,20)(H,18,19). The molecule has 8 nitrogen and oxygen atoms in total. The molecule has 0 aliphatic heterocycles. The molecule has 1 aliphatic carbocycles. The summed E-state index contributed by atoms with van der Waals surface area (Å²) in [6, 6.07) is -0.308. The summed E-state index contributed by atoms with van der Waals surface area (Å²) in [6.07, 6.45) is 6.24. The van der Waals surface area contributed by atoms with Crippen LogP contribution in [0.5, 0.6) is 0 Å². The van der Waals surface area contributed by atoms with Gasteiger partial charge in [0, 0.05) is 25.8 Å². The maximum atomic E-state index is 11.9. The van der Waals surface area contributed by atoms with Gasteiger partial charge in [-0.25, -0.2) is 4.79 Å². The van der Waals surface area contributed by atoms with Gasteiger partial charge in [0.1, 0.15) is 6.54 Å². The van der Waals surface area contributed by atoms with E-state index >= 15 is 0 Å². The number of amides is 2. The summed E-state index contributed by atoms with van der Waals surface area (Å²) in [4.78, 5) is 24.1. The van der Waals surface area contributed by atoms with Crippen molar-refractivity contribution in [1.82, 2.24) is 25.2 Å². The second kappa shape index (κ2) is 6.88. The minimum atomic E-state index is -0.983. The lowest BCUT2D eigenvalue weighted by atomic mass is 10.3. The van der Waals surface area contributed by atoms with Gasteiger partial charge in [-0.05, 0) is 25.2 Å². The molecule has 0 unspecified atom stereocenters. The van der Waals surface area contributed by atoms with Gasteiger partial charge in [-0.2, -0.15) is 0 Å². The highest BCUT2D eigenvalue weighted by atomic mass is 16.4. The zero-order chi connectivity index (χ0) is 14.4. The number of rotatable bonds is 8. The van der Waals surface area contributed by atoms with Crippen molar-refractivity contribution in [1.29, 1.82) is 0 Å². The molecule has 0 saturated heterocycles. The van der Waals surface area contributed by atoms with Crippen molar-refractivity contribution in [3.8, 4) is 0 Å². The van der Waals surface area contributed by atoms with E-state index in [-0.39, 0.29) is 12.6 Å². The second-order valence-corrected chi connectivity index (χ2v) is 4.97. The average molecular weight is 281 g/mol. The third-order valence-corrected chi connectivity index (χ3v) is 3.10. The van der Waals surface area contributed by atoms with E-state index in [4.69, 9.17) is 5.11 Å². The number of nitrogens with zero attached hydrogens (tertiary/aromatic N) is 4. The number of nitrogens with one attached hydrogen (secondary N) is 1. The van der Waals surface area contributed by atoms with Crippen LogP contribution in [0.3, 0.4) is 0 Å². The Morgan fingerprint density at radius 1 is 1.45 bits per heavy atom.